The Morgan fingerprint density at radius 1 is 1.38 bits per heavy atom. The SMILES string of the molecule is O=C(O)c1cc(Br)ccc1N1CCOCC1. The molecule has 1 aliphatic rings. The highest BCUT2D eigenvalue weighted by Crippen LogP contribution is 2.25. The second kappa shape index (κ2) is 4.84. The van der Waals surface area contributed by atoms with Crippen molar-refractivity contribution in [2.24, 2.45) is 0 Å². The molecule has 0 aliphatic carbocycles. The van der Waals surface area contributed by atoms with E-state index in [1.807, 2.05) is 17.0 Å². The molecule has 0 bridgehead atoms. The van der Waals surface area contributed by atoms with Gasteiger partial charge in [0.1, 0.15) is 0 Å². The highest BCUT2D eigenvalue weighted by atomic mass is 79.9. The Labute approximate surface area is 102 Å². The van der Waals surface area contributed by atoms with Crippen molar-refractivity contribution >= 4 is 27.6 Å². The van der Waals surface area contributed by atoms with Gasteiger partial charge in [-0.2, -0.15) is 0 Å². The zero-order valence-electron chi connectivity index (χ0n) is 8.65. The van der Waals surface area contributed by atoms with E-state index in [4.69, 9.17) is 9.84 Å². The fraction of sp³-hybridized carbons (Fsp3) is 0.364. The van der Waals surface area contributed by atoms with Crippen LogP contribution in [0.1, 0.15) is 10.4 Å². The van der Waals surface area contributed by atoms with Gasteiger partial charge in [-0.3, -0.25) is 0 Å². The van der Waals surface area contributed by atoms with E-state index in [9.17, 15) is 4.79 Å². The molecule has 0 radical (unpaired) electrons. The van der Waals surface area contributed by atoms with Crippen LogP contribution in [0.15, 0.2) is 22.7 Å². The lowest BCUT2D eigenvalue weighted by Crippen LogP contribution is -2.37. The number of anilines is 1. The smallest absolute Gasteiger partial charge is 0.337 e. The summed E-state index contributed by atoms with van der Waals surface area (Å²) in [6, 6.07) is 5.32. The maximum Gasteiger partial charge on any atom is 0.337 e. The van der Waals surface area contributed by atoms with Gasteiger partial charge in [0.05, 0.1) is 24.5 Å². The lowest BCUT2D eigenvalue weighted by molar-refractivity contribution is 0.0696. The summed E-state index contributed by atoms with van der Waals surface area (Å²) in [5.41, 5.74) is 1.09. The second-order valence-corrected chi connectivity index (χ2v) is 4.48. The number of carboxylic acid groups (broad SMARTS) is 1. The summed E-state index contributed by atoms with van der Waals surface area (Å²) in [7, 11) is 0. The number of hydrogen-bond donors (Lipinski definition) is 1. The van der Waals surface area contributed by atoms with Gasteiger partial charge in [0.2, 0.25) is 0 Å². The first kappa shape index (κ1) is 11.4. The quantitative estimate of drug-likeness (QED) is 0.903. The molecular formula is C11H12BrNO3. The van der Waals surface area contributed by atoms with E-state index in [1.165, 1.54) is 0 Å². The van der Waals surface area contributed by atoms with Gasteiger partial charge in [0.25, 0.3) is 0 Å². The molecule has 1 aromatic carbocycles. The number of benzene rings is 1. The number of halogens is 1. The maximum atomic E-state index is 11.1. The second-order valence-electron chi connectivity index (χ2n) is 3.57. The van der Waals surface area contributed by atoms with Gasteiger partial charge in [-0.15, -0.1) is 0 Å². The summed E-state index contributed by atoms with van der Waals surface area (Å²) in [4.78, 5) is 13.2. The lowest BCUT2D eigenvalue weighted by atomic mass is 10.1. The zero-order chi connectivity index (χ0) is 11.5. The molecule has 0 amide bonds. The summed E-state index contributed by atoms with van der Waals surface area (Å²) in [6.45, 7) is 2.77. The van der Waals surface area contributed by atoms with Crippen molar-refractivity contribution in [2.75, 3.05) is 31.2 Å². The summed E-state index contributed by atoms with van der Waals surface area (Å²) >= 11 is 3.28. The Bertz CT molecular complexity index is 402. The largest absolute Gasteiger partial charge is 0.478 e. The van der Waals surface area contributed by atoms with Gasteiger partial charge >= 0.3 is 5.97 Å². The number of ether oxygens (including phenoxy) is 1. The summed E-state index contributed by atoms with van der Waals surface area (Å²) in [6.07, 6.45) is 0. The molecule has 1 heterocycles. The van der Waals surface area contributed by atoms with Gasteiger partial charge in [0, 0.05) is 17.6 Å². The van der Waals surface area contributed by atoms with E-state index >= 15 is 0 Å². The Hall–Kier alpha value is -1.07. The van der Waals surface area contributed by atoms with E-state index in [0.717, 1.165) is 23.2 Å². The van der Waals surface area contributed by atoms with Crippen molar-refractivity contribution < 1.29 is 14.6 Å². The number of carbonyl (C=O) groups is 1. The molecule has 16 heavy (non-hydrogen) atoms. The minimum atomic E-state index is -0.900. The van der Waals surface area contributed by atoms with Crippen molar-refractivity contribution in [1.29, 1.82) is 0 Å². The molecule has 1 aliphatic heterocycles. The van der Waals surface area contributed by atoms with E-state index in [2.05, 4.69) is 15.9 Å². The van der Waals surface area contributed by atoms with Gasteiger partial charge in [-0.05, 0) is 18.2 Å². The van der Waals surface area contributed by atoms with Crippen LogP contribution in [0.25, 0.3) is 0 Å². The van der Waals surface area contributed by atoms with Crippen molar-refractivity contribution in [3.05, 3.63) is 28.2 Å². The predicted octanol–water partition coefficient (Wildman–Crippen LogP) is 1.98. The van der Waals surface area contributed by atoms with Crippen LogP contribution in [0.3, 0.4) is 0 Å². The Kier molecular flexibility index (Phi) is 3.46. The van der Waals surface area contributed by atoms with Crippen LogP contribution >= 0.6 is 15.9 Å². The molecule has 0 atom stereocenters. The number of carboxylic acids is 1. The third-order valence-corrected chi connectivity index (χ3v) is 3.03. The average molecular weight is 286 g/mol. The van der Waals surface area contributed by atoms with Crippen molar-refractivity contribution in [1.82, 2.24) is 0 Å². The van der Waals surface area contributed by atoms with Crippen LogP contribution in [0.2, 0.25) is 0 Å². The topological polar surface area (TPSA) is 49.8 Å². The highest BCUT2D eigenvalue weighted by Gasteiger charge is 2.18. The summed E-state index contributed by atoms with van der Waals surface area (Å²) < 4.78 is 6.03. The Morgan fingerprint density at radius 3 is 2.69 bits per heavy atom. The Morgan fingerprint density at radius 2 is 2.06 bits per heavy atom. The first-order valence-corrected chi connectivity index (χ1v) is 5.83. The number of aromatic carboxylic acids is 1. The standard InChI is InChI=1S/C11H12BrNO3/c12-8-1-2-10(9(7-8)11(14)15)13-3-5-16-6-4-13/h1-2,7H,3-6H2,(H,14,15). The number of hydrogen-bond acceptors (Lipinski definition) is 3. The van der Waals surface area contributed by atoms with Crippen LogP contribution in [0.5, 0.6) is 0 Å². The molecule has 0 saturated carbocycles. The van der Waals surface area contributed by atoms with E-state index in [0.29, 0.717) is 18.8 Å². The van der Waals surface area contributed by atoms with Crippen molar-refractivity contribution in [3.63, 3.8) is 0 Å². The van der Waals surface area contributed by atoms with Crippen LogP contribution in [-0.2, 0) is 4.74 Å². The molecular weight excluding hydrogens is 274 g/mol. The highest BCUT2D eigenvalue weighted by molar-refractivity contribution is 9.10. The van der Waals surface area contributed by atoms with Crippen LogP contribution < -0.4 is 4.90 Å². The summed E-state index contributed by atoms with van der Waals surface area (Å²) in [5, 5.41) is 9.14. The minimum absolute atomic E-state index is 0.330. The fourth-order valence-corrected chi connectivity index (χ4v) is 2.12. The monoisotopic (exact) mass is 285 g/mol. The average Bonchev–Trinajstić information content (AvgIpc) is 2.30. The molecule has 1 N–H and O–H groups in total. The maximum absolute atomic E-state index is 11.1. The normalized spacial score (nSPS) is 16.2. The van der Waals surface area contributed by atoms with Crippen LogP contribution in [0, 0.1) is 0 Å². The molecule has 0 aromatic heterocycles. The number of morpholine rings is 1. The van der Waals surface area contributed by atoms with E-state index < -0.39 is 5.97 Å². The van der Waals surface area contributed by atoms with E-state index in [1.54, 1.807) is 6.07 Å². The first-order chi connectivity index (χ1) is 7.68. The molecule has 86 valence electrons. The van der Waals surface area contributed by atoms with E-state index in [-0.39, 0.29) is 0 Å². The molecule has 1 aromatic rings. The fourth-order valence-electron chi connectivity index (χ4n) is 1.76. The van der Waals surface area contributed by atoms with Gasteiger partial charge in [-0.25, -0.2) is 4.79 Å². The number of rotatable bonds is 2. The Balaban J connectivity index is 2.34. The molecule has 0 unspecified atom stereocenters. The van der Waals surface area contributed by atoms with Gasteiger partial charge < -0.3 is 14.7 Å². The van der Waals surface area contributed by atoms with Crippen molar-refractivity contribution in [3.8, 4) is 0 Å². The first-order valence-electron chi connectivity index (χ1n) is 5.04. The minimum Gasteiger partial charge on any atom is -0.478 e. The molecule has 1 saturated heterocycles. The lowest BCUT2D eigenvalue weighted by Gasteiger charge is -2.29. The zero-order valence-corrected chi connectivity index (χ0v) is 10.2. The van der Waals surface area contributed by atoms with Crippen molar-refractivity contribution in [2.45, 2.75) is 0 Å². The van der Waals surface area contributed by atoms with Gasteiger partial charge in [-0.1, -0.05) is 15.9 Å². The molecule has 5 heteroatoms. The third-order valence-electron chi connectivity index (χ3n) is 2.54. The third kappa shape index (κ3) is 2.36. The summed E-state index contributed by atoms with van der Waals surface area (Å²) in [5.74, 6) is -0.900. The van der Waals surface area contributed by atoms with Crippen LogP contribution in [-0.4, -0.2) is 37.4 Å². The molecule has 2 rings (SSSR count). The number of nitrogens with zero attached hydrogens (tertiary/aromatic N) is 1. The van der Waals surface area contributed by atoms with Gasteiger partial charge in [0.15, 0.2) is 0 Å². The predicted molar refractivity (Wildman–Crippen MR) is 64.1 cm³/mol. The van der Waals surface area contributed by atoms with Crippen LogP contribution in [0.4, 0.5) is 5.69 Å². The molecule has 4 nitrogen and oxygen atoms in total. The molecule has 0 spiro atoms. The molecule has 1 fully saturated rings.